The number of ether oxygens (including phenoxy) is 2. The van der Waals surface area contributed by atoms with Gasteiger partial charge in [0.2, 0.25) is 5.95 Å². The Bertz CT molecular complexity index is 812. The van der Waals surface area contributed by atoms with E-state index < -0.39 is 30.3 Å². The molecule has 27 heavy (non-hydrogen) atoms. The van der Waals surface area contributed by atoms with E-state index in [0.29, 0.717) is 19.0 Å². The summed E-state index contributed by atoms with van der Waals surface area (Å²) in [5, 5.41) is 0. The number of carbonyl (C=O) groups is 1. The number of alkyl halides is 3. The monoisotopic (exact) mass is 388 g/mol. The molecule has 3 aliphatic rings. The summed E-state index contributed by atoms with van der Waals surface area (Å²) in [6, 6.07) is -0.507. The van der Waals surface area contributed by atoms with Crippen molar-refractivity contribution in [2.45, 2.75) is 43.8 Å². The van der Waals surface area contributed by atoms with Gasteiger partial charge < -0.3 is 19.3 Å². The second-order valence-electron chi connectivity index (χ2n) is 6.95. The summed E-state index contributed by atoms with van der Waals surface area (Å²) >= 11 is 0. The van der Waals surface area contributed by atoms with E-state index >= 15 is 0 Å². The normalized spacial score (nSPS) is 27.0. The third kappa shape index (κ3) is 3.13. The van der Waals surface area contributed by atoms with Crippen molar-refractivity contribution in [2.24, 2.45) is 0 Å². The summed E-state index contributed by atoms with van der Waals surface area (Å²) in [6.07, 6.45) is -4.05. The van der Waals surface area contributed by atoms with Gasteiger partial charge in [-0.25, -0.2) is 0 Å². The van der Waals surface area contributed by atoms with Crippen LogP contribution < -0.4 is 15.4 Å². The van der Waals surface area contributed by atoms with E-state index in [0.717, 1.165) is 18.4 Å². The molecule has 8 nitrogen and oxygen atoms in total. The Kier molecular flexibility index (Phi) is 4.28. The molecular weight excluding hydrogens is 369 g/mol. The minimum Gasteiger partial charge on any atom is -0.468 e. The predicted molar refractivity (Wildman–Crippen MR) is 87.8 cm³/mol. The summed E-state index contributed by atoms with van der Waals surface area (Å²) in [5.74, 6) is -0.661. The summed E-state index contributed by atoms with van der Waals surface area (Å²) in [6.45, 7) is 0.298. The number of morpholine rings is 1. The largest absolute Gasteiger partial charge is 0.468 e. The van der Waals surface area contributed by atoms with Gasteiger partial charge in [0.25, 0.3) is 5.56 Å². The number of halogens is 3. The third-order valence-electron chi connectivity index (χ3n) is 5.33. The maximum Gasteiger partial charge on any atom is 0.408 e. The molecule has 2 bridgehead atoms. The number of rotatable bonds is 3. The molecule has 4 heterocycles. The number of hydrogen-bond acceptors (Lipinski definition) is 7. The second kappa shape index (κ2) is 6.39. The zero-order valence-electron chi connectivity index (χ0n) is 14.6. The lowest BCUT2D eigenvalue weighted by Gasteiger charge is -2.39. The zero-order chi connectivity index (χ0) is 19.3. The fourth-order valence-electron chi connectivity index (χ4n) is 4.01. The lowest BCUT2D eigenvalue weighted by molar-refractivity contribution is -0.155. The van der Waals surface area contributed by atoms with Crippen LogP contribution in [0.4, 0.5) is 24.9 Å². The molecule has 4 rings (SSSR count). The van der Waals surface area contributed by atoms with Gasteiger partial charge >= 0.3 is 12.1 Å². The molecule has 0 spiro atoms. The number of nitrogens with zero attached hydrogens (tertiary/aromatic N) is 4. The highest BCUT2D eigenvalue weighted by Crippen LogP contribution is 2.36. The van der Waals surface area contributed by atoms with Gasteiger partial charge in [-0.2, -0.15) is 18.2 Å². The fraction of sp³-hybridized carbons (Fsp3) is 0.688. The quantitative estimate of drug-likeness (QED) is 0.700. The molecule has 148 valence electrons. The lowest BCUT2D eigenvalue weighted by atomic mass is 10.1. The molecule has 3 atom stereocenters. The van der Waals surface area contributed by atoms with Crippen molar-refractivity contribution in [3.63, 3.8) is 0 Å². The number of esters is 1. The molecule has 0 aliphatic carbocycles. The molecule has 0 aromatic carbocycles. The number of aromatic nitrogens is 2. The molecule has 0 amide bonds. The summed E-state index contributed by atoms with van der Waals surface area (Å²) in [5.41, 5.74) is -0.436. The molecular formula is C16H19F3N4O4. The molecule has 0 N–H and O–H groups in total. The third-order valence-corrected chi connectivity index (χ3v) is 5.33. The van der Waals surface area contributed by atoms with Gasteiger partial charge in [-0.15, -0.1) is 0 Å². The first-order valence-electron chi connectivity index (χ1n) is 8.68. The van der Waals surface area contributed by atoms with Gasteiger partial charge in [0.15, 0.2) is 0 Å². The Morgan fingerprint density at radius 3 is 2.81 bits per heavy atom. The van der Waals surface area contributed by atoms with Crippen molar-refractivity contribution < 1.29 is 27.4 Å². The van der Waals surface area contributed by atoms with Crippen LogP contribution in [-0.4, -0.2) is 66.7 Å². The van der Waals surface area contributed by atoms with Gasteiger partial charge in [-0.05, 0) is 12.8 Å². The highest BCUT2D eigenvalue weighted by molar-refractivity contribution is 5.75. The first-order valence-corrected chi connectivity index (χ1v) is 8.68. The minimum absolute atomic E-state index is 0.0460. The molecule has 1 aromatic rings. The topological polar surface area (TPSA) is 76.9 Å². The molecule has 2 fully saturated rings. The SMILES string of the molecule is COC(=O)CN1c2nc(N3C[C@@H]4C[C@H]3CO4)cc(=O)n2CC[C@H]1C(F)(F)F. The number of fused-ring (bicyclic) bond motifs is 3. The van der Waals surface area contributed by atoms with Crippen molar-refractivity contribution in [3.8, 4) is 0 Å². The van der Waals surface area contributed by atoms with E-state index in [1.54, 1.807) is 0 Å². The summed E-state index contributed by atoms with van der Waals surface area (Å²) in [4.78, 5) is 31.3. The van der Waals surface area contributed by atoms with Crippen LogP contribution in [0.15, 0.2) is 10.9 Å². The van der Waals surface area contributed by atoms with Crippen LogP contribution in [0.3, 0.4) is 0 Å². The van der Waals surface area contributed by atoms with Gasteiger partial charge in [-0.1, -0.05) is 0 Å². The molecule has 0 unspecified atom stereocenters. The van der Waals surface area contributed by atoms with Crippen LogP contribution in [0.25, 0.3) is 0 Å². The van der Waals surface area contributed by atoms with E-state index in [1.807, 2.05) is 4.90 Å². The van der Waals surface area contributed by atoms with Crippen molar-refractivity contribution in [1.82, 2.24) is 9.55 Å². The molecule has 1 aromatic heterocycles. The van der Waals surface area contributed by atoms with Crippen molar-refractivity contribution in [2.75, 3.05) is 36.6 Å². The Morgan fingerprint density at radius 1 is 1.44 bits per heavy atom. The maximum absolute atomic E-state index is 13.5. The molecule has 0 radical (unpaired) electrons. The number of hydrogen-bond donors (Lipinski definition) is 0. The standard InChI is InChI=1S/C16H19F3N4O4/c1-26-14(25)7-23-11(16(17,18)19)2-3-21-13(24)5-12(20-15(21)23)22-6-10-4-9(22)8-27-10/h5,9-11H,2-4,6-8H2,1H3/t9-,10-,11-/m0/s1. The van der Waals surface area contributed by atoms with Crippen molar-refractivity contribution in [1.29, 1.82) is 0 Å². The first-order chi connectivity index (χ1) is 12.8. The summed E-state index contributed by atoms with van der Waals surface area (Å²) < 4.78 is 51.8. The lowest BCUT2D eigenvalue weighted by Crippen LogP contribution is -2.54. The van der Waals surface area contributed by atoms with Crippen LogP contribution in [0.1, 0.15) is 12.8 Å². The van der Waals surface area contributed by atoms with Crippen LogP contribution in [0.2, 0.25) is 0 Å². The molecule has 11 heteroatoms. The number of anilines is 2. The average molecular weight is 388 g/mol. The predicted octanol–water partition coefficient (Wildman–Crippen LogP) is 0.535. The molecule has 0 saturated carbocycles. The number of methoxy groups -OCH3 is 1. The van der Waals surface area contributed by atoms with E-state index in [-0.39, 0.29) is 31.1 Å². The zero-order valence-corrected chi connectivity index (χ0v) is 14.6. The van der Waals surface area contributed by atoms with Gasteiger partial charge in [-0.3, -0.25) is 14.2 Å². The number of carbonyl (C=O) groups excluding carboxylic acids is 1. The molecule has 3 aliphatic heterocycles. The van der Waals surface area contributed by atoms with E-state index in [9.17, 15) is 22.8 Å². The van der Waals surface area contributed by atoms with E-state index in [4.69, 9.17) is 4.74 Å². The summed E-state index contributed by atoms with van der Waals surface area (Å²) in [7, 11) is 1.10. The average Bonchev–Trinajstić information content (AvgIpc) is 3.24. The van der Waals surface area contributed by atoms with E-state index in [1.165, 1.54) is 10.6 Å². The van der Waals surface area contributed by atoms with Gasteiger partial charge in [0.05, 0.1) is 25.9 Å². The Balaban J connectivity index is 1.75. The highest BCUT2D eigenvalue weighted by atomic mass is 19.4. The van der Waals surface area contributed by atoms with Crippen LogP contribution in [0.5, 0.6) is 0 Å². The fourth-order valence-corrected chi connectivity index (χ4v) is 4.01. The van der Waals surface area contributed by atoms with Gasteiger partial charge in [0.1, 0.15) is 18.4 Å². The Hall–Kier alpha value is -2.30. The Labute approximate surface area is 152 Å². The van der Waals surface area contributed by atoms with E-state index in [2.05, 4.69) is 9.72 Å². The highest BCUT2D eigenvalue weighted by Gasteiger charge is 2.48. The Morgan fingerprint density at radius 2 is 2.22 bits per heavy atom. The van der Waals surface area contributed by atoms with Crippen LogP contribution in [0, 0.1) is 0 Å². The smallest absolute Gasteiger partial charge is 0.408 e. The second-order valence-corrected chi connectivity index (χ2v) is 6.95. The van der Waals surface area contributed by atoms with Gasteiger partial charge in [0, 0.05) is 19.2 Å². The van der Waals surface area contributed by atoms with Crippen LogP contribution in [-0.2, 0) is 20.8 Å². The minimum atomic E-state index is -4.56. The van der Waals surface area contributed by atoms with Crippen LogP contribution >= 0.6 is 0 Å². The van der Waals surface area contributed by atoms with Crippen molar-refractivity contribution >= 4 is 17.7 Å². The molecule has 2 saturated heterocycles. The maximum atomic E-state index is 13.5. The first kappa shape index (κ1) is 18.1. The van der Waals surface area contributed by atoms with Crippen molar-refractivity contribution in [3.05, 3.63) is 16.4 Å².